The molecule has 55 heavy (non-hydrogen) atoms. The first-order chi connectivity index (χ1) is 27.2. The predicted octanol–water partition coefficient (Wildman–Crippen LogP) is 14.0. The van der Waals surface area contributed by atoms with Crippen molar-refractivity contribution < 1.29 is 4.42 Å². The molecule has 0 fully saturated rings. The fourth-order valence-corrected chi connectivity index (χ4v) is 7.59. The van der Waals surface area contributed by atoms with E-state index in [9.17, 15) is 0 Å². The van der Waals surface area contributed by atoms with Crippen LogP contribution in [0, 0.1) is 0 Å². The molecule has 3 heteroatoms. The summed E-state index contributed by atoms with van der Waals surface area (Å²) in [7, 11) is 0. The minimum atomic E-state index is 0.606. The number of hydrogen-bond acceptors (Lipinski definition) is 3. The fraction of sp³-hybridized carbons (Fsp3) is 0. The van der Waals surface area contributed by atoms with E-state index >= 15 is 0 Å². The van der Waals surface area contributed by atoms with E-state index in [1.807, 2.05) is 24.3 Å². The number of pyridine rings is 1. The van der Waals surface area contributed by atoms with Gasteiger partial charge < -0.3 is 4.42 Å². The Hall–Kier alpha value is -7.36. The number of benzene rings is 8. The monoisotopic (exact) mass is 702 g/mol. The first-order valence-electron chi connectivity index (χ1n) is 18.6. The molecule has 0 unspecified atom stereocenters. The summed E-state index contributed by atoms with van der Waals surface area (Å²) >= 11 is 0. The lowest BCUT2D eigenvalue weighted by Gasteiger charge is -2.15. The van der Waals surface area contributed by atoms with Gasteiger partial charge in [0.05, 0.1) is 11.4 Å². The van der Waals surface area contributed by atoms with Crippen LogP contribution in [-0.2, 0) is 0 Å². The predicted molar refractivity (Wildman–Crippen MR) is 227 cm³/mol. The van der Waals surface area contributed by atoms with Crippen LogP contribution in [0.4, 0.5) is 0 Å². The van der Waals surface area contributed by atoms with Gasteiger partial charge in [0.15, 0.2) is 5.58 Å². The van der Waals surface area contributed by atoms with Crippen molar-refractivity contribution >= 4 is 21.9 Å². The molecule has 258 valence electrons. The average Bonchev–Trinajstić information content (AvgIpc) is 3.72. The minimum absolute atomic E-state index is 0.606. The van der Waals surface area contributed by atoms with Crippen molar-refractivity contribution in [1.29, 1.82) is 0 Å². The molecule has 3 nitrogen and oxygen atoms in total. The lowest BCUT2D eigenvalue weighted by Crippen LogP contribution is -1.92. The van der Waals surface area contributed by atoms with Crippen molar-refractivity contribution in [3.8, 4) is 78.5 Å². The number of rotatable bonds is 7. The molecule has 0 spiro atoms. The van der Waals surface area contributed by atoms with E-state index in [2.05, 4.69) is 182 Å². The van der Waals surface area contributed by atoms with Crippen LogP contribution in [-0.4, -0.2) is 9.97 Å². The summed E-state index contributed by atoms with van der Waals surface area (Å²) in [6, 6.07) is 72.2. The third-order valence-corrected chi connectivity index (χ3v) is 10.3. The van der Waals surface area contributed by atoms with Gasteiger partial charge in [0.1, 0.15) is 5.52 Å². The second-order valence-electron chi connectivity index (χ2n) is 13.8. The quantitative estimate of drug-likeness (QED) is 0.166. The van der Waals surface area contributed by atoms with E-state index < -0.39 is 0 Å². The zero-order valence-corrected chi connectivity index (χ0v) is 29.9. The molecule has 2 aromatic heterocycles. The van der Waals surface area contributed by atoms with Crippen LogP contribution >= 0.6 is 0 Å². The minimum Gasteiger partial charge on any atom is -0.435 e. The van der Waals surface area contributed by atoms with E-state index in [1.165, 1.54) is 10.8 Å². The molecule has 0 radical (unpaired) electrons. The van der Waals surface area contributed by atoms with Gasteiger partial charge in [-0.3, -0.25) is 0 Å². The first kappa shape index (κ1) is 32.3. The normalized spacial score (nSPS) is 11.3. The van der Waals surface area contributed by atoms with Crippen LogP contribution in [0.2, 0.25) is 0 Å². The molecule has 0 saturated heterocycles. The largest absolute Gasteiger partial charge is 0.435 e. The maximum atomic E-state index is 6.69. The van der Waals surface area contributed by atoms with Crippen LogP contribution in [0.3, 0.4) is 0 Å². The van der Waals surface area contributed by atoms with Gasteiger partial charge in [-0.2, -0.15) is 0 Å². The zero-order chi connectivity index (χ0) is 36.6. The standard InChI is InChI=1S/C52H34N2O/c1-4-14-35(15-5-1)41-21-12-22-42(32-41)52-54-47-25-13-24-46(51(47)55-52)45-31-30-37-16-10-11-23-44(37)50(45)40-28-26-36(27-29-40)43-33-48(38-17-6-2-7-18-38)53-49(34-43)39-19-8-3-9-20-39/h1-34H. The second kappa shape index (κ2) is 13.9. The van der Waals surface area contributed by atoms with E-state index in [0.29, 0.717) is 5.89 Å². The molecular weight excluding hydrogens is 669 g/mol. The first-order valence-corrected chi connectivity index (χ1v) is 18.6. The highest BCUT2D eigenvalue weighted by molar-refractivity contribution is 6.07. The van der Waals surface area contributed by atoms with Crippen molar-refractivity contribution in [1.82, 2.24) is 9.97 Å². The fourth-order valence-electron chi connectivity index (χ4n) is 7.59. The number of fused-ring (bicyclic) bond motifs is 2. The van der Waals surface area contributed by atoms with Crippen LogP contribution in [0.5, 0.6) is 0 Å². The van der Waals surface area contributed by atoms with Crippen molar-refractivity contribution in [2.24, 2.45) is 0 Å². The van der Waals surface area contributed by atoms with Gasteiger partial charge >= 0.3 is 0 Å². The summed E-state index contributed by atoms with van der Waals surface area (Å²) in [5.41, 5.74) is 15.5. The van der Waals surface area contributed by atoms with Crippen molar-refractivity contribution in [2.45, 2.75) is 0 Å². The number of nitrogens with zero attached hydrogens (tertiary/aromatic N) is 2. The maximum Gasteiger partial charge on any atom is 0.227 e. The highest BCUT2D eigenvalue weighted by Crippen LogP contribution is 2.42. The van der Waals surface area contributed by atoms with Gasteiger partial charge in [0.2, 0.25) is 5.89 Å². The molecule has 2 heterocycles. The summed E-state index contributed by atoms with van der Waals surface area (Å²) in [5.74, 6) is 0.606. The van der Waals surface area contributed by atoms with Gasteiger partial charge in [-0.05, 0) is 80.0 Å². The molecular formula is C52H34N2O. The lowest BCUT2D eigenvalue weighted by molar-refractivity contribution is 0.621. The van der Waals surface area contributed by atoms with Crippen molar-refractivity contribution in [3.63, 3.8) is 0 Å². The smallest absolute Gasteiger partial charge is 0.227 e. The Morgan fingerprint density at radius 2 is 0.891 bits per heavy atom. The third kappa shape index (κ3) is 6.18. The van der Waals surface area contributed by atoms with Crippen LogP contribution < -0.4 is 0 Å². The van der Waals surface area contributed by atoms with E-state index in [4.69, 9.17) is 14.4 Å². The number of aromatic nitrogens is 2. The average molecular weight is 703 g/mol. The molecule has 0 aliphatic carbocycles. The Labute approximate surface area is 319 Å². The second-order valence-corrected chi connectivity index (χ2v) is 13.8. The molecule has 0 atom stereocenters. The van der Waals surface area contributed by atoms with E-state index in [-0.39, 0.29) is 0 Å². The van der Waals surface area contributed by atoms with Crippen molar-refractivity contribution in [2.75, 3.05) is 0 Å². The Balaban J connectivity index is 1.08. The lowest BCUT2D eigenvalue weighted by atomic mass is 9.88. The Kier molecular flexibility index (Phi) is 8.16. The number of para-hydroxylation sites is 1. The van der Waals surface area contributed by atoms with Gasteiger partial charge in [0.25, 0.3) is 0 Å². The van der Waals surface area contributed by atoms with E-state index in [1.54, 1.807) is 0 Å². The number of oxazole rings is 1. The molecule has 0 bridgehead atoms. The molecule has 0 aliphatic heterocycles. The van der Waals surface area contributed by atoms with Gasteiger partial charge in [0, 0.05) is 22.3 Å². The molecule has 0 N–H and O–H groups in total. The topological polar surface area (TPSA) is 38.9 Å². The molecule has 0 aliphatic rings. The van der Waals surface area contributed by atoms with Crippen LogP contribution in [0.25, 0.3) is 100 Å². The molecule has 8 aromatic carbocycles. The third-order valence-electron chi connectivity index (χ3n) is 10.3. The SMILES string of the molecule is c1ccc(-c2cccc(-c3nc4cccc(-c5ccc6ccccc6c5-c5ccc(-c6cc(-c7ccccc7)nc(-c7ccccc7)c6)cc5)c4o3)c2)cc1. The van der Waals surface area contributed by atoms with Crippen LogP contribution in [0.1, 0.15) is 0 Å². The van der Waals surface area contributed by atoms with Gasteiger partial charge in [-0.15, -0.1) is 0 Å². The van der Waals surface area contributed by atoms with E-state index in [0.717, 1.165) is 83.7 Å². The van der Waals surface area contributed by atoms with Gasteiger partial charge in [-0.25, -0.2) is 9.97 Å². The van der Waals surface area contributed by atoms with Crippen LogP contribution in [0.15, 0.2) is 211 Å². The zero-order valence-electron chi connectivity index (χ0n) is 29.9. The molecule has 0 saturated carbocycles. The maximum absolute atomic E-state index is 6.69. The number of hydrogen-bond donors (Lipinski definition) is 0. The van der Waals surface area contributed by atoms with Gasteiger partial charge in [-0.1, -0.05) is 176 Å². The Morgan fingerprint density at radius 1 is 0.327 bits per heavy atom. The summed E-state index contributed by atoms with van der Waals surface area (Å²) in [6.45, 7) is 0. The molecule has 0 amide bonds. The molecule has 10 aromatic rings. The summed E-state index contributed by atoms with van der Waals surface area (Å²) in [5, 5.41) is 2.37. The van der Waals surface area contributed by atoms with Crippen molar-refractivity contribution in [3.05, 3.63) is 206 Å². The highest BCUT2D eigenvalue weighted by atomic mass is 16.3. The summed E-state index contributed by atoms with van der Waals surface area (Å²) in [6.07, 6.45) is 0. The summed E-state index contributed by atoms with van der Waals surface area (Å²) < 4.78 is 6.69. The Bertz CT molecular complexity index is 2890. The highest BCUT2D eigenvalue weighted by Gasteiger charge is 2.19. The Morgan fingerprint density at radius 3 is 1.60 bits per heavy atom. The summed E-state index contributed by atoms with van der Waals surface area (Å²) in [4.78, 5) is 10.1. The molecule has 10 rings (SSSR count).